The van der Waals surface area contributed by atoms with Crippen LogP contribution in [-0.2, 0) is 10.0 Å². The molecule has 170 valence electrons. The molecule has 0 amide bonds. The summed E-state index contributed by atoms with van der Waals surface area (Å²) in [6, 6.07) is 10.4. The van der Waals surface area contributed by atoms with E-state index in [1.807, 2.05) is 23.6 Å². The van der Waals surface area contributed by atoms with Crippen molar-refractivity contribution in [1.82, 2.24) is 9.29 Å². The van der Waals surface area contributed by atoms with Gasteiger partial charge in [-0.2, -0.15) is 4.31 Å². The van der Waals surface area contributed by atoms with Crippen molar-refractivity contribution < 1.29 is 17.9 Å². The second-order valence-corrected chi connectivity index (χ2v) is 11.1. The lowest BCUT2D eigenvalue weighted by Gasteiger charge is -2.33. The van der Waals surface area contributed by atoms with Crippen LogP contribution >= 0.6 is 38.9 Å². The van der Waals surface area contributed by atoms with Crippen LogP contribution in [0, 0.1) is 0 Å². The highest BCUT2D eigenvalue weighted by Gasteiger charge is 2.31. The van der Waals surface area contributed by atoms with Crippen molar-refractivity contribution in [3.63, 3.8) is 0 Å². The Labute approximate surface area is 204 Å². The van der Waals surface area contributed by atoms with Gasteiger partial charge in [-0.15, -0.1) is 11.3 Å². The Hall–Kier alpha value is -1.85. The number of thiazole rings is 1. The van der Waals surface area contributed by atoms with Crippen LogP contribution in [0.25, 0.3) is 11.3 Å². The highest BCUT2D eigenvalue weighted by Crippen LogP contribution is 2.36. The summed E-state index contributed by atoms with van der Waals surface area (Å²) in [5.41, 5.74) is 1.64. The number of hydrogen-bond donors (Lipinski definition) is 0. The van der Waals surface area contributed by atoms with Crippen LogP contribution in [0.2, 0.25) is 5.02 Å². The van der Waals surface area contributed by atoms with E-state index in [0.29, 0.717) is 31.9 Å². The summed E-state index contributed by atoms with van der Waals surface area (Å²) in [6.07, 6.45) is 0. The Morgan fingerprint density at radius 1 is 1.06 bits per heavy atom. The molecular formula is C21H21BrClN3O4S2. The monoisotopic (exact) mass is 557 g/mol. The molecule has 3 aromatic rings. The Kier molecular flexibility index (Phi) is 6.97. The van der Waals surface area contributed by atoms with Gasteiger partial charge in [-0.25, -0.2) is 13.4 Å². The normalized spacial score (nSPS) is 15.1. The van der Waals surface area contributed by atoms with E-state index in [1.54, 1.807) is 26.4 Å². The fraction of sp³-hybridized carbons (Fsp3) is 0.286. The summed E-state index contributed by atoms with van der Waals surface area (Å²) >= 11 is 11.0. The molecule has 0 atom stereocenters. The first-order valence-electron chi connectivity index (χ1n) is 9.71. The van der Waals surface area contributed by atoms with Gasteiger partial charge < -0.3 is 14.4 Å². The van der Waals surface area contributed by atoms with Gasteiger partial charge in [-0.05, 0) is 36.4 Å². The number of sulfonamides is 1. The van der Waals surface area contributed by atoms with Gasteiger partial charge in [0.05, 0.1) is 24.9 Å². The molecule has 1 aromatic heterocycles. The van der Waals surface area contributed by atoms with Gasteiger partial charge in [-0.3, -0.25) is 0 Å². The maximum atomic E-state index is 13.1. The minimum Gasteiger partial charge on any atom is -0.497 e. The second kappa shape index (κ2) is 9.56. The number of aromatic nitrogens is 1. The van der Waals surface area contributed by atoms with Crippen LogP contribution in [0.4, 0.5) is 5.13 Å². The molecule has 32 heavy (non-hydrogen) atoms. The summed E-state index contributed by atoms with van der Waals surface area (Å²) in [6.45, 7) is 1.78. The van der Waals surface area contributed by atoms with Gasteiger partial charge in [0, 0.05) is 41.6 Å². The van der Waals surface area contributed by atoms with Crippen LogP contribution in [0.5, 0.6) is 11.5 Å². The summed E-state index contributed by atoms with van der Waals surface area (Å²) < 4.78 is 39.1. The molecule has 4 rings (SSSR count). The van der Waals surface area contributed by atoms with Gasteiger partial charge in [0.25, 0.3) is 0 Å². The molecular weight excluding hydrogens is 538 g/mol. The Morgan fingerprint density at radius 2 is 1.81 bits per heavy atom. The molecule has 0 spiro atoms. The summed E-state index contributed by atoms with van der Waals surface area (Å²) in [5, 5.41) is 3.01. The number of benzene rings is 2. The molecule has 1 saturated heterocycles. The molecule has 0 radical (unpaired) electrons. The lowest BCUT2D eigenvalue weighted by molar-refractivity contribution is 0.385. The molecule has 1 aliphatic rings. The van der Waals surface area contributed by atoms with Crippen molar-refractivity contribution >= 4 is 54.0 Å². The SMILES string of the molecule is COc1ccc(OC)c(-c2csc(N3CCN(S(=O)(=O)c4ccc(Br)cc4Cl)CC3)n2)c1. The lowest BCUT2D eigenvalue weighted by atomic mass is 10.1. The molecule has 1 aliphatic heterocycles. The number of hydrogen-bond acceptors (Lipinski definition) is 7. The predicted molar refractivity (Wildman–Crippen MR) is 131 cm³/mol. The molecule has 2 heterocycles. The minimum absolute atomic E-state index is 0.123. The van der Waals surface area contributed by atoms with Crippen molar-refractivity contribution in [1.29, 1.82) is 0 Å². The van der Waals surface area contributed by atoms with Crippen molar-refractivity contribution in [2.24, 2.45) is 0 Å². The third kappa shape index (κ3) is 4.60. The fourth-order valence-electron chi connectivity index (χ4n) is 3.49. The number of ether oxygens (including phenoxy) is 2. The Morgan fingerprint density at radius 3 is 2.47 bits per heavy atom. The second-order valence-electron chi connectivity index (χ2n) is 7.05. The molecule has 1 fully saturated rings. The van der Waals surface area contributed by atoms with Crippen LogP contribution in [-0.4, -0.2) is 58.1 Å². The standard InChI is InChI=1S/C21H21BrClN3O4S2/c1-29-15-4-5-19(30-2)16(12-15)18-13-31-21(24-18)25-7-9-26(10-8-25)32(27,28)20-6-3-14(22)11-17(20)23/h3-6,11-13H,7-10H2,1-2H3. The third-order valence-corrected chi connectivity index (χ3v) is 8.97. The van der Waals surface area contributed by atoms with Gasteiger partial charge >= 0.3 is 0 Å². The average Bonchev–Trinajstić information content (AvgIpc) is 3.28. The van der Waals surface area contributed by atoms with E-state index in [0.717, 1.165) is 26.6 Å². The maximum absolute atomic E-state index is 13.1. The van der Waals surface area contributed by atoms with Crippen molar-refractivity contribution in [2.45, 2.75) is 4.90 Å². The molecule has 0 bridgehead atoms. The summed E-state index contributed by atoms with van der Waals surface area (Å²) in [5.74, 6) is 1.44. The van der Waals surface area contributed by atoms with E-state index in [1.165, 1.54) is 21.7 Å². The zero-order chi connectivity index (χ0) is 22.9. The number of methoxy groups -OCH3 is 2. The highest BCUT2D eigenvalue weighted by atomic mass is 79.9. The number of halogens is 2. The van der Waals surface area contributed by atoms with Gasteiger partial charge in [-0.1, -0.05) is 27.5 Å². The first-order valence-corrected chi connectivity index (χ1v) is 13.2. The van der Waals surface area contributed by atoms with Crippen molar-refractivity contribution in [2.75, 3.05) is 45.3 Å². The first kappa shape index (κ1) is 23.3. The van der Waals surface area contributed by atoms with E-state index >= 15 is 0 Å². The lowest BCUT2D eigenvalue weighted by Crippen LogP contribution is -2.48. The summed E-state index contributed by atoms with van der Waals surface area (Å²) in [4.78, 5) is 6.99. The first-order chi connectivity index (χ1) is 15.3. The van der Waals surface area contributed by atoms with Gasteiger partial charge in [0.1, 0.15) is 16.4 Å². The molecule has 0 aliphatic carbocycles. The van der Waals surface area contributed by atoms with Crippen molar-refractivity contribution in [3.05, 3.63) is 51.3 Å². The van der Waals surface area contributed by atoms with Crippen LogP contribution in [0.3, 0.4) is 0 Å². The van der Waals surface area contributed by atoms with E-state index in [9.17, 15) is 8.42 Å². The number of anilines is 1. The van der Waals surface area contributed by atoms with E-state index in [-0.39, 0.29) is 9.92 Å². The molecule has 0 N–H and O–H groups in total. The van der Waals surface area contributed by atoms with Crippen LogP contribution < -0.4 is 14.4 Å². The molecule has 0 unspecified atom stereocenters. The fourth-order valence-corrected chi connectivity index (χ4v) is 6.80. The van der Waals surface area contributed by atoms with Gasteiger partial charge in [0.2, 0.25) is 10.0 Å². The zero-order valence-electron chi connectivity index (χ0n) is 17.4. The zero-order valence-corrected chi connectivity index (χ0v) is 21.4. The Bertz CT molecular complexity index is 1230. The number of piperazine rings is 1. The smallest absolute Gasteiger partial charge is 0.244 e. The molecule has 0 saturated carbocycles. The topological polar surface area (TPSA) is 72.0 Å². The largest absolute Gasteiger partial charge is 0.497 e. The van der Waals surface area contributed by atoms with E-state index < -0.39 is 10.0 Å². The van der Waals surface area contributed by atoms with Crippen LogP contribution in [0.1, 0.15) is 0 Å². The maximum Gasteiger partial charge on any atom is 0.244 e. The van der Waals surface area contributed by atoms with Crippen molar-refractivity contribution in [3.8, 4) is 22.8 Å². The highest BCUT2D eigenvalue weighted by molar-refractivity contribution is 9.10. The summed E-state index contributed by atoms with van der Waals surface area (Å²) in [7, 11) is -0.424. The third-order valence-electron chi connectivity index (χ3n) is 5.20. The molecule has 7 nitrogen and oxygen atoms in total. The predicted octanol–water partition coefficient (Wildman–Crippen LogP) is 4.75. The average molecular weight is 559 g/mol. The minimum atomic E-state index is -3.66. The molecule has 11 heteroatoms. The Balaban J connectivity index is 1.50. The number of rotatable bonds is 6. The van der Waals surface area contributed by atoms with E-state index in [2.05, 4.69) is 20.8 Å². The van der Waals surface area contributed by atoms with Gasteiger partial charge in [0.15, 0.2) is 5.13 Å². The molecule has 2 aromatic carbocycles. The number of nitrogens with zero attached hydrogens (tertiary/aromatic N) is 3. The van der Waals surface area contributed by atoms with E-state index in [4.69, 9.17) is 26.1 Å². The van der Waals surface area contributed by atoms with Crippen LogP contribution in [0.15, 0.2) is 51.1 Å². The quantitative estimate of drug-likeness (QED) is 0.435.